The summed E-state index contributed by atoms with van der Waals surface area (Å²) in [4.78, 5) is 10.1. The van der Waals surface area contributed by atoms with E-state index in [0.29, 0.717) is 5.92 Å². The molecule has 2 aromatic rings. The Morgan fingerprint density at radius 1 is 0.763 bits per heavy atom. The molecule has 0 fully saturated rings. The molecule has 0 bridgehead atoms. The highest BCUT2D eigenvalue weighted by Gasteiger charge is 2.21. The number of ketones is 1. The van der Waals surface area contributed by atoms with Gasteiger partial charge in [0.15, 0.2) is 0 Å². The summed E-state index contributed by atoms with van der Waals surface area (Å²) in [6, 6.07) is 17.6. The van der Waals surface area contributed by atoms with Gasteiger partial charge in [-0.15, -0.1) is 0 Å². The maximum absolute atomic E-state index is 10.1. The normalized spacial score (nSPS) is 13.6. The molecule has 0 aromatic heterocycles. The maximum Gasteiger partial charge on any atom is 0.132 e. The second-order valence-electron chi connectivity index (χ2n) is 12.7. The summed E-state index contributed by atoms with van der Waals surface area (Å²) in [5.74, 6) is 3.67. The van der Waals surface area contributed by atoms with Crippen LogP contribution in [0.4, 0.5) is 0 Å². The molecule has 0 unspecified atom stereocenters. The van der Waals surface area contributed by atoms with Crippen molar-refractivity contribution in [2.45, 2.75) is 101 Å². The molecule has 38 heavy (non-hydrogen) atoms. The number of benzene rings is 2. The third-order valence-corrected chi connectivity index (χ3v) is 7.24. The van der Waals surface area contributed by atoms with Crippen molar-refractivity contribution >= 4 is 11.9 Å². The van der Waals surface area contributed by atoms with Gasteiger partial charge in [0.2, 0.25) is 0 Å². The quantitative estimate of drug-likeness (QED) is 0.349. The number of hydrogen-bond acceptors (Lipinski definition) is 1. The van der Waals surface area contributed by atoms with Crippen molar-refractivity contribution in [1.29, 1.82) is 0 Å². The minimum absolute atomic E-state index is 0.213. The summed E-state index contributed by atoms with van der Waals surface area (Å²) in [6.07, 6.45) is 8.79. The van der Waals surface area contributed by atoms with Crippen LogP contribution in [0.2, 0.25) is 0 Å². The fourth-order valence-electron chi connectivity index (χ4n) is 4.49. The van der Waals surface area contributed by atoms with Crippen molar-refractivity contribution in [3.8, 4) is 0 Å². The van der Waals surface area contributed by atoms with Gasteiger partial charge in [-0.05, 0) is 91.9 Å². The first-order chi connectivity index (χ1) is 17.8. The Labute approximate surface area is 235 Å². The molecule has 2 aliphatic carbocycles. The van der Waals surface area contributed by atoms with Crippen LogP contribution in [0, 0.1) is 29.6 Å². The Bertz CT molecular complexity index is 967. The average Bonchev–Trinajstić information content (AvgIpc) is 3.41. The van der Waals surface area contributed by atoms with Crippen molar-refractivity contribution in [3.05, 3.63) is 88.5 Å². The van der Waals surface area contributed by atoms with E-state index < -0.39 is 0 Å². The first-order valence-electron chi connectivity index (χ1n) is 14.8. The van der Waals surface area contributed by atoms with E-state index in [1.807, 2.05) is 20.8 Å². The minimum atomic E-state index is 0.213. The van der Waals surface area contributed by atoms with Crippen LogP contribution in [0.3, 0.4) is 0 Å². The summed E-state index contributed by atoms with van der Waals surface area (Å²) < 4.78 is 0. The van der Waals surface area contributed by atoms with E-state index in [1.54, 1.807) is 23.6 Å². The maximum atomic E-state index is 10.1. The molecule has 0 N–H and O–H groups in total. The zero-order chi connectivity index (χ0) is 28.8. The molecule has 0 aliphatic heterocycles. The minimum Gasteiger partial charge on any atom is -0.300 e. The van der Waals surface area contributed by atoms with Crippen molar-refractivity contribution < 1.29 is 4.79 Å². The zero-order valence-corrected chi connectivity index (χ0v) is 26.2. The van der Waals surface area contributed by atoms with E-state index in [1.165, 1.54) is 48.8 Å². The van der Waals surface area contributed by atoms with Gasteiger partial charge in [-0.25, -0.2) is 0 Å². The third kappa shape index (κ3) is 13.4. The number of Topliss-reactive ketones (excluding diaryl/α,β-unsaturated/α-hetero) is 1. The number of rotatable bonds is 6. The van der Waals surface area contributed by atoms with Gasteiger partial charge >= 0.3 is 0 Å². The first-order valence-corrected chi connectivity index (χ1v) is 14.8. The topological polar surface area (TPSA) is 17.1 Å². The molecule has 2 aliphatic rings. The van der Waals surface area contributed by atoms with Gasteiger partial charge in [-0.3, -0.25) is 4.79 Å². The van der Waals surface area contributed by atoms with Crippen molar-refractivity contribution in [3.63, 3.8) is 0 Å². The highest BCUT2D eigenvalue weighted by atomic mass is 16.1. The van der Waals surface area contributed by atoms with Crippen LogP contribution in [-0.4, -0.2) is 5.78 Å². The lowest BCUT2D eigenvalue weighted by Crippen LogP contribution is -2.03. The van der Waals surface area contributed by atoms with Gasteiger partial charge in [-0.1, -0.05) is 128 Å². The van der Waals surface area contributed by atoms with Crippen LogP contribution in [0.5, 0.6) is 0 Å². The molecule has 1 nitrogen and oxygen atoms in total. The van der Waals surface area contributed by atoms with Crippen LogP contribution >= 0.6 is 0 Å². The van der Waals surface area contributed by atoms with Gasteiger partial charge in [0.1, 0.15) is 5.78 Å². The van der Waals surface area contributed by atoms with Crippen LogP contribution in [0.15, 0.2) is 66.3 Å². The van der Waals surface area contributed by atoms with Crippen molar-refractivity contribution in [1.82, 2.24) is 0 Å². The standard InChI is InChI=1S/C13H18.C13H16.C6H12.C5H10O/c2*1-10(2)7-11-8-12-5-3-4-6-13(12)9-11;1-5(2)6(3)4;1-4(2)5(3)6/h3-6,10-11H,7-9H2,1-2H3;3-6,8,10H,7,9H2,1-2H3;6H,1H2,2-4H3;4H,1-3H3. The number of hydrogen-bond donors (Lipinski definition) is 0. The predicted octanol–water partition coefficient (Wildman–Crippen LogP) is 10.6. The van der Waals surface area contributed by atoms with Crippen LogP contribution in [-0.2, 0) is 24.1 Å². The highest BCUT2D eigenvalue weighted by molar-refractivity contribution is 5.77. The Morgan fingerprint density at radius 2 is 1.21 bits per heavy atom. The Balaban J connectivity index is 0.000000272. The van der Waals surface area contributed by atoms with Gasteiger partial charge in [0.05, 0.1) is 0 Å². The number of carbonyl (C=O) groups excluding carboxylic acids is 1. The first kappa shape index (κ1) is 33.6. The smallest absolute Gasteiger partial charge is 0.132 e. The van der Waals surface area contributed by atoms with E-state index in [4.69, 9.17) is 0 Å². The summed E-state index contributed by atoms with van der Waals surface area (Å²) >= 11 is 0. The van der Waals surface area contributed by atoms with Gasteiger partial charge in [0.25, 0.3) is 0 Å². The summed E-state index contributed by atoms with van der Waals surface area (Å²) in [5, 5.41) is 0. The zero-order valence-electron chi connectivity index (χ0n) is 26.2. The predicted molar refractivity (Wildman–Crippen MR) is 170 cm³/mol. The molecule has 0 heterocycles. The lowest BCUT2D eigenvalue weighted by atomic mass is 9.95. The molecule has 0 radical (unpaired) electrons. The molecular formula is C37H56O. The summed E-state index contributed by atoms with van der Waals surface area (Å²) in [6.45, 7) is 24.7. The van der Waals surface area contributed by atoms with E-state index >= 15 is 0 Å². The Hall–Kier alpha value is -2.41. The second-order valence-corrected chi connectivity index (χ2v) is 12.7. The average molecular weight is 517 g/mol. The second kappa shape index (κ2) is 17.2. The van der Waals surface area contributed by atoms with E-state index in [9.17, 15) is 4.79 Å². The van der Waals surface area contributed by atoms with Crippen molar-refractivity contribution in [2.24, 2.45) is 29.6 Å². The van der Waals surface area contributed by atoms with Crippen LogP contribution in [0.1, 0.15) is 104 Å². The lowest BCUT2D eigenvalue weighted by Gasteiger charge is -2.10. The van der Waals surface area contributed by atoms with Gasteiger partial charge < -0.3 is 0 Å². The van der Waals surface area contributed by atoms with E-state index in [2.05, 4.69) is 103 Å². The van der Waals surface area contributed by atoms with Crippen LogP contribution < -0.4 is 0 Å². The number of carbonyl (C=O) groups is 1. The fourth-order valence-corrected chi connectivity index (χ4v) is 4.49. The third-order valence-electron chi connectivity index (χ3n) is 7.24. The molecule has 2 aromatic carbocycles. The highest BCUT2D eigenvalue weighted by Crippen LogP contribution is 2.30. The fraction of sp³-hybridized carbons (Fsp3) is 0.541. The number of fused-ring (bicyclic) bond motifs is 2. The summed E-state index contributed by atoms with van der Waals surface area (Å²) in [7, 11) is 0. The van der Waals surface area contributed by atoms with Gasteiger partial charge in [0, 0.05) is 5.92 Å². The Morgan fingerprint density at radius 3 is 1.58 bits per heavy atom. The van der Waals surface area contributed by atoms with Gasteiger partial charge in [-0.2, -0.15) is 0 Å². The molecular weight excluding hydrogens is 460 g/mol. The molecule has 0 amide bonds. The van der Waals surface area contributed by atoms with Crippen LogP contribution in [0.25, 0.3) is 6.08 Å². The largest absolute Gasteiger partial charge is 0.300 e. The molecule has 0 atom stereocenters. The number of allylic oxidation sites excluding steroid dienone is 2. The molecule has 0 saturated heterocycles. The molecule has 4 rings (SSSR count). The molecule has 0 saturated carbocycles. The SMILES string of the molecule is C=C(C)C(C)C.CC(=O)C(C)C.CC(C)CC1=Cc2ccccc2C1.CC(C)CC1Cc2ccccc2C1. The molecule has 210 valence electrons. The van der Waals surface area contributed by atoms with E-state index in [-0.39, 0.29) is 11.7 Å². The molecule has 0 spiro atoms. The molecule has 1 heteroatoms. The van der Waals surface area contributed by atoms with Crippen molar-refractivity contribution in [2.75, 3.05) is 0 Å². The summed E-state index contributed by atoms with van der Waals surface area (Å²) in [5.41, 5.74) is 8.96. The monoisotopic (exact) mass is 516 g/mol. The lowest BCUT2D eigenvalue weighted by molar-refractivity contribution is -0.119. The Kier molecular flexibility index (Phi) is 15.2. The van der Waals surface area contributed by atoms with E-state index in [0.717, 1.165) is 17.8 Å².